The molecule has 116 valence electrons. The molecule has 3 rings (SSSR count). The van der Waals surface area contributed by atoms with Crippen LogP contribution in [-0.2, 0) is 6.54 Å². The highest BCUT2D eigenvalue weighted by Gasteiger charge is 2.37. The van der Waals surface area contributed by atoms with Gasteiger partial charge in [-0.1, -0.05) is 31.0 Å². The predicted molar refractivity (Wildman–Crippen MR) is 85.0 cm³/mol. The summed E-state index contributed by atoms with van der Waals surface area (Å²) in [6.45, 7) is 4.86. The standard InChI is InChI=1S/C17H24ClFN2/c1-2-4-13-9-20-17(12-7-8-12)11-21(13)10-14-15(18)5-3-6-16(14)19/h3,5-6,12-13,17,20H,2,4,7-11H2,1H3. The number of halogens is 2. The van der Waals surface area contributed by atoms with Crippen LogP contribution in [0.3, 0.4) is 0 Å². The molecule has 0 radical (unpaired) electrons. The molecule has 4 heteroatoms. The average molecular weight is 311 g/mol. The smallest absolute Gasteiger partial charge is 0.129 e. The third-order valence-electron chi connectivity index (χ3n) is 4.80. The van der Waals surface area contributed by atoms with Gasteiger partial charge in [-0.05, 0) is 37.3 Å². The Morgan fingerprint density at radius 2 is 2.19 bits per heavy atom. The summed E-state index contributed by atoms with van der Waals surface area (Å²) in [6.07, 6.45) is 4.98. The maximum Gasteiger partial charge on any atom is 0.129 e. The van der Waals surface area contributed by atoms with Gasteiger partial charge in [0.25, 0.3) is 0 Å². The highest BCUT2D eigenvalue weighted by molar-refractivity contribution is 6.31. The second-order valence-electron chi connectivity index (χ2n) is 6.42. The van der Waals surface area contributed by atoms with E-state index in [-0.39, 0.29) is 5.82 Å². The lowest BCUT2D eigenvalue weighted by molar-refractivity contribution is 0.107. The van der Waals surface area contributed by atoms with Gasteiger partial charge in [-0.25, -0.2) is 4.39 Å². The summed E-state index contributed by atoms with van der Waals surface area (Å²) in [4.78, 5) is 2.44. The van der Waals surface area contributed by atoms with E-state index in [2.05, 4.69) is 17.1 Å². The van der Waals surface area contributed by atoms with E-state index in [0.717, 1.165) is 31.8 Å². The third-order valence-corrected chi connectivity index (χ3v) is 5.15. The zero-order valence-corrected chi connectivity index (χ0v) is 13.4. The molecule has 2 nitrogen and oxygen atoms in total. The van der Waals surface area contributed by atoms with E-state index in [9.17, 15) is 4.39 Å². The van der Waals surface area contributed by atoms with Crippen molar-refractivity contribution in [2.45, 2.75) is 51.2 Å². The molecule has 1 aromatic rings. The maximum atomic E-state index is 14.1. The van der Waals surface area contributed by atoms with E-state index in [1.165, 1.54) is 18.9 Å². The largest absolute Gasteiger partial charge is 0.311 e. The minimum Gasteiger partial charge on any atom is -0.311 e. The lowest BCUT2D eigenvalue weighted by Crippen LogP contribution is -2.56. The minimum atomic E-state index is -0.181. The number of hydrogen-bond acceptors (Lipinski definition) is 2. The lowest BCUT2D eigenvalue weighted by Gasteiger charge is -2.41. The van der Waals surface area contributed by atoms with Crippen LogP contribution in [0.2, 0.25) is 5.02 Å². The molecule has 0 spiro atoms. The Balaban J connectivity index is 1.74. The van der Waals surface area contributed by atoms with E-state index in [0.29, 0.717) is 29.2 Å². The molecule has 1 aliphatic carbocycles. The third kappa shape index (κ3) is 3.58. The van der Waals surface area contributed by atoms with Crippen molar-refractivity contribution >= 4 is 11.6 Å². The normalized spacial score (nSPS) is 27.0. The Hall–Kier alpha value is -0.640. The molecule has 2 fully saturated rings. The van der Waals surface area contributed by atoms with Gasteiger partial charge in [-0.2, -0.15) is 0 Å². The van der Waals surface area contributed by atoms with Gasteiger partial charge in [0, 0.05) is 42.3 Å². The van der Waals surface area contributed by atoms with Crippen molar-refractivity contribution in [1.29, 1.82) is 0 Å². The highest BCUT2D eigenvalue weighted by Crippen LogP contribution is 2.35. The molecule has 1 aliphatic heterocycles. The van der Waals surface area contributed by atoms with Crippen LogP contribution in [0.4, 0.5) is 4.39 Å². The van der Waals surface area contributed by atoms with Gasteiger partial charge >= 0.3 is 0 Å². The molecule has 21 heavy (non-hydrogen) atoms. The van der Waals surface area contributed by atoms with E-state index in [4.69, 9.17) is 11.6 Å². The molecule has 2 unspecified atom stereocenters. The van der Waals surface area contributed by atoms with E-state index in [1.54, 1.807) is 12.1 Å². The second kappa shape index (κ2) is 6.64. The summed E-state index contributed by atoms with van der Waals surface area (Å²) in [5, 5.41) is 4.24. The fourth-order valence-corrected chi connectivity index (χ4v) is 3.62. The predicted octanol–water partition coefficient (Wildman–Crippen LogP) is 3.83. The van der Waals surface area contributed by atoms with E-state index >= 15 is 0 Å². The van der Waals surface area contributed by atoms with Crippen LogP contribution >= 0.6 is 11.6 Å². The van der Waals surface area contributed by atoms with Crippen molar-refractivity contribution < 1.29 is 4.39 Å². The minimum absolute atomic E-state index is 0.181. The molecule has 2 aliphatic rings. The lowest BCUT2D eigenvalue weighted by atomic mass is 10.0. The summed E-state index contributed by atoms with van der Waals surface area (Å²) >= 11 is 6.20. The van der Waals surface area contributed by atoms with Crippen molar-refractivity contribution in [2.75, 3.05) is 13.1 Å². The van der Waals surface area contributed by atoms with Crippen molar-refractivity contribution in [3.63, 3.8) is 0 Å². The fraction of sp³-hybridized carbons (Fsp3) is 0.647. The molecular formula is C17H24ClFN2. The van der Waals surface area contributed by atoms with Crippen LogP contribution in [0.1, 0.15) is 38.2 Å². The summed E-state index contributed by atoms with van der Waals surface area (Å²) in [7, 11) is 0. The number of nitrogens with zero attached hydrogens (tertiary/aromatic N) is 1. The van der Waals surface area contributed by atoms with E-state index in [1.807, 2.05) is 0 Å². The number of benzene rings is 1. The Kier molecular flexibility index (Phi) is 4.82. The van der Waals surface area contributed by atoms with Gasteiger partial charge in [-0.15, -0.1) is 0 Å². The van der Waals surface area contributed by atoms with Crippen LogP contribution in [0.5, 0.6) is 0 Å². The molecule has 1 aromatic carbocycles. The molecule has 1 saturated carbocycles. The average Bonchev–Trinajstić information content (AvgIpc) is 3.29. The number of hydrogen-bond donors (Lipinski definition) is 1. The maximum absolute atomic E-state index is 14.1. The van der Waals surface area contributed by atoms with Crippen molar-refractivity contribution in [3.05, 3.63) is 34.6 Å². The van der Waals surface area contributed by atoms with Gasteiger partial charge < -0.3 is 5.32 Å². The van der Waals surface area contributed by atoms with Crippen LogP contribution in [0.15, 0.2) is 18.2 Å². The quantitative estimate of drug-likeness (QED) is 0.889. The molecule has 0 bridgehead atoms. The second-order valence-corrected chi connectivity index (χ2v) is 6.83. The van der Waals surface area contributed by atoms with Crippen molar-refractivity contribution in [1.82, 2.24) is 10.2 Å². The molecule has 1 saturated heterocycles. The zero-order chi connectivity index (χ0) is 14.8. The molecule has 2 atom stereocenters. The van der Waals surface area contributed by atoms with Gasteiger partial charge in [0.2, 0.25) is 0 Å². The first-order valence-electron chi connectivity index (χ1n) is 8.09. The summed E-state index contributed by atoms with van der Waals surface area (Å²) in [6, 6.07) is 6.03. The van der Waals surface area contributed by atoms with E-state index < -0.39 is 0 Å². The van der Waals surface area contributed by atoms with Crippen LogP contribution in [0, 0.1) is 11.7 Å². The Bertz CT molecular complexity index is 469. The fourth-order valence-electron chi connectivity index (χ4n) is 3.40. The first kappa shape index (κ1) is 15.3. The monoisotopic (exact) mass is 310 g/mol. The SMILES string of the molecule is CCCC1CNC(C2CC2)CN1Cc1c(F)cccc1Cl. The van der Waals surface area contributed by atoms with Gasteiger partial charge in [0.05, 0.1) is 0 Å². The van der Waals surface area contributed by atoms with Crippen LogP contribution in [-0.4, -0.2) is 30.1 Å². The highest BCUT2D eigenvalue weighted by atomic mass is 35.5. The first-order chi connectivity index (χ1) is 10.2. The molecule has 0 aromatic heterocycles. The molecule has 0 amide bonds. The zero-order valence-electron chi connectivity index (χ0n) is 12.6. The first-order valence-corrected chi connectivity index (χ1v) is 8.47. The van der Waals surface area contributed by atoms with Crippen molar-refractivity contribution in [2.24, 2.45) is 5.92 Å². The Labute approximate surface area is 131 Å². The molecular weight excluding hydrogens is 287 g/mol. The summed E-state index contributed by atoms with van der Waals surface area (Å²) in [5.74, 6) is 0.644. The number of nitrogens with one attached hydrogen (secondary N) is 1. The summed E-state index contributed by atoms with van der Waals surface area (Å²) < 4.78 is 14.1. The van der Waals surface area contributed by atoms with Crippen LogP contribution < -0.4 is 5.32 Å². The van der Waals surface area contributed by atoms with Gasteiger partial charge in [0.1, 0.15) is 5.82 Å². The van der Waals surface area contributed by atoms with Gasteiger partial charge in [-0.3, -0.25) is 4.90 Å². The van der Waals surface area contributed by atoms with Crippen LogP contribution in [0.25, 0.3) is 0 Å². The molecule has 1 heterocycles. The Morgan fingerprint density at radius 1 is 1.38 bits per heavy atom. The number of rotatable bonds is 5. The topological polar surface area (TPSA) is 15.3 Å². The van der Waals surface area contributed by atoms with Crippen molar-refractivity contribution in [3.8, 4) is 0 Å². The number of piperazine rings is 1. The van der Waals surface area contributed by atoms with Gasteiger partial charge in [0.15, 0.2) is 0 Å². The molecule has 1 N–H and O–H groups in total. The Morgan fingerprint density at radius 3 is 2.86 bits per heavy atom. The summed E-state index contributed by atoms with van der Waals surface area (Å²) in [5.41, 5.74) is 0.650.